The first-order valence-corrected chi connectivity index (χ1v) is 8.67. The normalized spacial score (nSPS) is 11.9. The molecule has 0 aliphatic heterocycles. The lowest BCUT2D eigenvalue weighted by atomic mass is 9.88. The molecule has 0 atom stereocenters. The van der Waals surface area contributed by atoms with Gasteiger partial charge in [-0.15, -0.1) is 11.3 Å². The van der Waals surface area contributed by atoms with Crippen LogP contribution in [0, 0.1) is 0 Å². The highest BCUT2D eigenvalue weighted by atomic mass is 35.5. The van der Waals surface area contributed by atoms with Crippen molar-refractivity contribution in [3.63, 3.8) is 0 Å². The molecule has 6 heteroatoms. The van der Waals surface area contributed by atoms with Gasteiger partial charge < -0.3 is 4.74 Å². The van der Waals surface area contributed by atoms with Gasteiger partial charge in [-0.25, -0.2) is 9.97 Å². The summed E-state index contributed by atoms with van der Waals surface area (Å²) < 4.78 is 5.47. The molecule has 0 aliphatic carbocycles. The summed E-state index contributed by atoms with van der Waals surface area (Å²) in [5.74, 6) is 0.572. The molecule has 0 amide bonds. The molecule has 0 radical (unpaired) electrons. The highest BCUT2D eigenvalue weighted by Crippen LogP contribution is 2.47. The van der Waals surface area contributed by atoms with E-state index in [2.05, 4.69) is 30.7 Å². The van der Waals surface area contributed by atoms with E-state index in [1.54, 1.807) is 18.4 Å². The van der Waals surface area contributed by atoms with Crippen molar-refractivity contribution in [3.8, 4) is 17.0 Å². The molecule has 3 nitrogen and oxygen atoms in total. The fraction of sp³-hybridized carbons (Fsp3) is 0.294. The number of aromatic nitrogens is 2. The second kappa shape index (κ2) is 5.93. The zero-order valence-corrected chi connectivity index (χ0v) is 15.6. The Hall–Kier alpha value is -1.36. The monoisotopic (exact) mass is 366 g/mol. The minimum absolute atomic E-state index is 0.0438. The predicted molar refractivity (Wildman–Crippen MR) is 98.1 cm³/mol. The van der Waals surface area contributed by atoms with E-state index in [1.807, 2.05) is 18.2 Å². The summed E-state index contributed by atoms with van der Waals surface area (Å²) >= 11 is 14.0. The van der Waals surface area contributed by atoms with E-state index in [0.29, 0.717) is 15.9 Å². The van der Waals surface area contributed by atoms with Gasteiger partial charge in [0.15, 0.2) is 0 Å². The number of ether oxygens (including phenoxy) is 1. The van der Waals surface area contributed by atoms with Gasteiger partial charge in [0.25, 0.3) is 0 Å². The van der Waals surface area contributed by atoms with Crippen LogP contribution < -0.4 is 4.74 Å². The SMILES string of the molecule is COc1ncnc2sc(C(C)(C)C)c(-c3ccc(Cl)c(Cl)c3)c12. The van der Waals surface area contributed by atoms with Gasteiger partial charge in [0, 0.05) is 10.4 Å². The van der Waals surface area contributed by atoms with E-state index < -0.39 is 0 Å². The molecule has 2 heterocycles. The Labute approximate surface area is 149 Å². The summed E-state index contributed by atoms with van der Waals surface area (Å²) in [6.45, 7) is 6.54. The first kappa shape index (κ1) is 16.5. The van der Waals surface area contributed by atoms with Crippen molar-refractivity contribution < 1.29 is 4.74 Å². The second-order valence-corrected chi connectivity index (χ2v) is 8.06. The highest BCUT2D eigenvalue weighted by Gasteiger charge is 2.27. The lowest BCUT2D eigenvalue weighted by Crippen LogP contribution is -2.10. The standard InChI is InChI=1S/C17H16Cl2N2OS/c1-17(2,3)14-12(9-5-6-10(18)11(19)7-9)13-15(22-4)20-8-21-16(13)23-14/h5-8H,1-4H3. The van der Waals surface area contributed by atoms with Crippen molar-refractivity contribution in [3.05, 3.63) is 39.4 Å². The fourth-order valence-electron chi connectivity index (χ4n) is 2.52. The van der Waals surface area contributed by atoms with E-state index in [0.717, 1.165) is 21.3 Å². The van der Waals surface area contributed by atoms with Gasteiger partial charge in [-0.3, -0.25) is 0 Å². The van der Waals surface area contributed by atoms with E-state index in [4.69, 9.17) is 27.9 Å². The van der Waals surface area contributed by atoms with Crippen LogP contribution in [-0.2, 0) is 5.41 Å². The summed E-state index contributed by atoms with van der Waals surface area (Å²) in [6, 6.07) is 5.66. The van der Waals surface area contributed by atoms with Crippen molar-refractivity contribution in [1.29, 1.82) is 0 Å². The highest BCUT2D eigenvalue weighted by molar-refractivity contribution is 7.19. The number of benzene rings is 1. The van der Waals surface area contributed by atoms with Crippen molar-refractivity contribution in [2.24, 2.45) is 0 Å². The molecule has 0 fully saturated rings. The largest absolute Gasteiger partial charge is 0.480 e. The Balaban J connectivity index is 2.42. The molecule has 3 rings (SSSR count). The second-order valence-electron chi connectivity index (χ2n) is 6.25. The van der Waals surface area contributed by atoms with Crippen LogP contribution in [0.5, 0.6) is 5.88 Å². The Kier molecular flexibility index (Phi) is 4.25. The molecule has 0 bridgehead atoms. The Morgan fingerprint density at radius 2 is 1.83 bits per heavy atom. The number of fused-ring (bicyclic) bond motifs is 1. The average Bonchev–Trinajstić information content (AvgIpc) is 2.89. The van der Waals surface area contributed by atoms with Crippen molar-refractivity contribution in [2.75, 3.05) is 7.11 Å². The molecule has 120 valence electrons. The van der Waals surface area contributed by atoms with Crippen LogP contribution in [-0.4, -0.2) is 17.1 Å². The number of hydrogen-bond acceptors (Lipinski definition) is 4. The predicted octanol–water partition coefficient (Wildman–Crippen LogP) is 5.97. The minimum Gasteiger partial charge on any atom is -0.480 e. The summed E-state index contributed by atoms with van der Waals surface area (Å²) in [7, 11) is 1.62. The number of methoxy groups -OCH3 is 1. The lowest BCUT2D eigenvalue weighted by molar-refractivity contribution is 0.403. The van der Waals surface area contributed by atoms with E-state index in [1.165, 1.54) is 11.2 Å². The van der Waals surface area contributed by atoms with Crippen LogP contribution in [0.2, 0.25) is 10.0 Å². The first-order chi connectivity index (χ1) is 10.8. The summed E-state index contributed by atoms with van der Waals surface area (Å²) in [5.41, 5.74) is 2.01. The van der Waals surface area contributed by atoms with Crippen molar-refractivity contribution in [2.45, 2.75) is 26.2 Å². The maximum Gasteiger partial charge on any atom is 0.225 e. The summed E-state index contributed by atoms with van der Waals surface area (Å²) in [5, 5.41) is 1.98. The number of rotatable bonds is 2. The van der Waals surface area contributed by atoms with Crippen LogP contribution >= 0.6 is 34.5 Å². The molecular formula is C17H16Cl2N2OS. The molecule has 0 unspecified atom stereocenters. The van der Waals surface area contributed by atoms with Crippen LogP contribution in [0.25, 0.3) is 21.3 Å². The van der Waals surface area contributed by atoms with E-state index in [-0.39, 0.29) is 5.41 Å². The van der Waals surface area contributed by atoms with Crippen molar-refractivity contribution in [1.82, 2.24) is 9.97 Å². The smallest absolute Gasteiger partial charge is 0.225 e. The van der Waals surface area contributed by atoms with E-state index >= 15 is 0 Å². The van der Waals surface area contributed by atoms with Crippen LogP contribution in [0.4, 0.5) is 0 Å². The van der Waals surface area contributed by atoms with Gasteiger partial charge in [-0.2, -0.15) is 0 Å². The van der Waals surface area contributed by atoms with Gasteiger partial charge in [0.2, 0.25) is 5.88 Å². The van der Waals surface area contributed by atoms with Crippen LogP contribution in [0.3, 0.4) is 0 Å². The van der Waals surface area contributed by atoms with E-state index in [9.17, 15) is 0 Å². The van der Waals surface area contributed by atoms with Gasteiger partial charge in [-0.05, 0) is 23.1 Å². The molecular weight excluding hydrogens is 351 g/mol. The molecule has 0 N–H and O–H groups in total. The molecule has 0 saturated carbocycles. The number of nitrogens with zero attached hydrogens (tertiary/aromatic N) is 2. The molecule has 2 aromatic heterocycles. The van der Waals surface area contributed by atoms with Crippen LogP contribution in [0.15, 0.2) is 24.5 Å². The van der Waals surface area contributed by atoms with Gasteiger partial charge >= 0.3 is 0 Å². The Morgan fingerprint density at radius 1 is 1.09 bits per heavy atom. The van der Waals surface area contributed by atoms with Gasteiger partial charge in [0.1, 0.15) is 11.2 Å². The summed E-state index contributed by atoms with van der Waals surface area (Å²) in [6.07, 6.45) is 1.53. The zero-order chi connectivity index (χ0) is 16.8. The molecule has 0 saturated heterocycles. The van der Waals surface area contributed by atoms with Gasteiger partial charge in [0.05, 0.1) is 22.5 Å². The molecule has 0 aliphatic rings. The molecule has 0 spiro atoms. The molecule has 3 aromatic rings. The zero-order valence-electron chi connectivity index (χ0n) is 13.3. The topological polar surface area (TPSA) is 35.0 Å². The Morgan fingerprint density at radius 3 is 2.43 bits per heavy atom. The number of halogens is 2. The number of thiophene rings is 1. The minimum atomic E-state index is -0.0438. The quantitative estimate of drug-likeness (QED) is 0.560. The maximum absolute atomic E-state index is 6.23. The number of hydrogen-bond donors (Lipinski definition) is 0. The molecule has 23 heavy (non-hydrogen) atoms. The van der Waals surface area contributed by atoms with Crippen LogP contribution in [0.1, 0.15) is 25.6 Å². The Bertz CT molecular complexity index is 884. The third kappa shape index (κ3) is 2.91. The maximum atomic E-state index is 6.23. The fourth-order valence-corrected chi connectivity index (χ4v) is 4.03. The third-order valence-corrected chi connectivity index (χ3v) is 5.80. The average molecular weight is 367 g/mol. The molecule has 1 aromatic carbocycles. The third-order valence-electron chi connectivity index (χ3n) is 3.54. The van der Waals surface area contributed by atoms with Crippen molar-refractivity contribution >= 4 is 44.8 Å². The van der Waals surface area contributed by atoms with Gasteiger partial charge in [-0.1, -0.05) is 50.0 Å². The lowest BCUT2D eigenvalue weighted by Gasteiger charge is -2.19. The first-order valence-electron chi connectivity index (χ1n) is 7.10. The summed E-state index contributed by atoms with van der Waals surface area (Å²) in [4.78, 5) is 10.8.